The van der Waals surface area contributed by atoms with Crippen LogP contribution in [0.3, 0.4) is 0 Å². The van der Waals surface area contributed by atoms with Gasteiger partial charge >= 0.3 is 5.97 Å². The lowest BCUT2D eigenvalue weighted by molar-refractivity contribution is -0.148. The molecule has 0 spiro atoms. The summed E-state index contributed by atoms with van der Waals surface area (Å²) in [5, 5.41) is 9.40. The average Bonchev–Trinajstić information content (AvgIpc) is 3.03. The van der Waals surface area contributed by atoms with Gasteiger partial charge in [0.2, 0.25) is 5.89 Å². The zero-order valence-corrected chi connectivity index (χ0v) is 11.5. The molecule has 5 nitrogen and oxygen atoms in total. The van der Waals surface area contributed by atoms with Crippen LogP contribution in [0.1, 0.15) is 25.7 Å². The van der Waals surface area contributed by atoms with Crippen LogP contribution in [0.4, 0.5) is 0 Å². The number of nitrogens with zero attached hydrogens (tertiary/aromatic N) is 2. The second-order valence-corrected chi connectivity index (χ2v) is 5.48. The van der Waals surface area contributed by atoms with Crippen molar-refractivity contribution >= 4 is 17.1 Å². The second kappa shape index (κ2) is 4.90. The molecular weight excluding hydrogens is 256 g/mol. The Labute approximate surface area is 117 Å². The molecule has 1 unspecified atom stereocenters. The minimum absolute atomic E-state index is 0.567. The highest BCUT2D eigenvalue weighted by molar-refractivity contribution is 5.75. The van der Waals surface area contributed by atoms with Gasteiger partial charge in [-0.3, -0.25) is 9.69 Å². The maximum atomic E-state index is 11.4. The highest BCUT2D eigenvalue weighted by atomic mass is 16.4. The van der Waals surface area contributed by atoms with Crippen molar-refractivity contribution < 1.29 is 14.3 Å². The highest BCUT2D eigenvalue weighted by Crippen LogP contribution is 2.34. The summed E-state index contributed by atoms with van der Waals surface area (Å²) in [4.78, 5) is 18.0. The van der Waals surface area contributed by atoms with E-state index in [-0.39, 0.29) is 0 Å². The average molecular weight is 274 g/mol. The summed E-state index contributed by atoms with van der Waals surface area (Å²) in [6, 6.07) is 7.65. The smallest absolute Gasteiger partial charge is 0.310 e. The Morgan fingerprint density at radius 2 is 2.30 bits per heavy atom. The van der Waals surface area contributed by atoms with E-state index in [4.69, 9.17) is 4.42 Å². The molecule has 0 bridgehead atoms. The fraction of sp³-hybridized carbons (Fsp3) is 0.467. The Morgan fingerprint density at radius 3 is 2.95 bits per heavy atom. The van der Waals surface area contributed by atoms with Gasteiger partial charge in [-0.2, -0.15) is 0 Å². The summed E-state index contributed by atoms with van der Waals surface area (Å²) < 4.78 is 5.69. The van der Waals surface area contributed by atoms with Gasteiger partial charge < -0.3 is 9.52 Å². The number of carbonyl (C=O) groups is 1. The number of benzene rings is 1. The van der Waals surface area contributed by atoms with Crippen molar-refractivity contribution in [2.75, 3.05) is 13.1 Å². The molecule has 5 heteroatoms. The van der Waals surface area contributed by atoms with Gasteiger partial charge in [-0.25, -0.2) is 4.98 Å². The summed E-state index contributed by atoms with van der Waals surface area (Å²) in [6.07, 6.45) is 1.35. The summed E-state index contributed by atoms with van der Waals surface area (Å²) in [6.45, 7) is 3.86. The molecule has 1 N–H and O–H groups in total. The minimum Gasteiger partial charge on any atom is -0.481 e. The molecule has 106 valence electrons. The number of oxazole rings is 1. The quantitative estimate of drug-likeness (QED) is 0.928. The van der Waals surface area contributed by atoms with Crippen LogP contribution in [-0.4, -0.2) is 34.0 Å². The van der Waals surface area contributed by atoms with Crippen LogP contribution in [-0.2, 0) is 11.3 Å². The SMILES string of the molecule is CCC1(C(=O)O)CCN(Cc2nc3ccccc3o2)C1. The molecule has 1 fully saturated rings. The molecule has 0 aliphatic carbocycles. The van der Waals surface area contributed by atoms with E-state index in [1.54, 1.807) is 0 Å². The Morgan fingerprint density at radius 1 is 1.50 bits per heavy atom. The van der Waals surface area contributed by atoms with Crippen LogP contribution >= 0.6 is 0 Å². The maximum Gasteiger partial charge on any atom is 0.310 e. The third kappa shape index (κ3) is 2.18. The first-order valence-corrected chi connectivity index (χ1v) is 6.93. The minimum atomic E-state index is -0.694. The van der Waals surface area contributed by atoms with Crippen LogP contribution in [0, 0.1) is 5.41 Å². The number of hydrogen-bond acceptors (Lipinski definition) is 4. The molecule has 1 aliphatic rings. The molecule has 3 rings (SSSR count). The van der Waals surface area contributed by atoms with Crippen molar-refractivity contribution in [3.8, 4) is 0 Å². The zero-order valence-electron chi connectivity index (χ0n) is 11.5. The van der Waals surface area contributed by atoms with Gasteiger partial charge in [-0.1, -0.05) is 19.1 Å². The fourth-order valence-electron chi connectivity index (χ4n) is 2.89. The Kier molecular flexibility index (Phi) is 3.22. The number of likely N-dealkylation sites (tertiary alicyclic amines) is 1. The lowest BCUT2D eigenvalue weighted by Crippen LogP contribution is -2.33. The number of fused-ring (bicyclic) bond motifs is 1. The maximum absolute atomic E-state index is 11.4. The fourth-order valence-corrected chi connectivity index (χ4v) is 2.89. The third-order valence-electron chi connectivity index (χ3n) is 4.26. The van der Waals surface area contributed by atoms with Crippen LogP contribution in [0.15, 0.2) is 28.7 Å². The lowest BCUT2D eigenvalue weighted by Gasteiger charge is -2.22. The Bertz CT molecular complexity index is 604. The summed E-state index contributed by atoms with van der Waals surface area (Å²) >= 11 is 0. The first-order valence-electron chi connectivity index (χ1n) is 6.93. The van der Waals surface area contributed by atoms with E-state index < -0.39 is 11.4 Å². The van der Waals surface area contributed by atoms with E-state index in [2.05, 4.69) is 9.88 Å². The Balaban J connectivity index is 1.74. The van der Waals surface area contributed by atoms with Gasteiger partial charge in [0.15, 0.2) is 5.58 Å². The molecule has 20 heavy (non-hydrogen) atoms. The van der Waals surface area contributed by atoms with Gasteiger partial charge in [-0.05, 0) is 31.5 Å². The summed E-state index contributed by atoms with van der Waals surface area (Å²) in [7, 11) is 0. The van der Waals surface area contributed by atoms with Gasteiger partial charge in [0.1, 0.15) is 5.52 Å². The number of hydrogen-bond donors (Lipinski definition) is 1. The molecule has 0 saturated carbocycles. The first-order chi connectivity index (χ1) is 9.63. The number of aromatic nitrogens is 1. The van der Waals surface area contributed by atoms with Crippen molar-refractivity contribution in [1.82, 2.24) is 9.88 Å². The molecule has 2 aromatic rings. The molecule has 0 amide bonds. The highest BCUT2D eigenvalue weighted by Gasteiger charge is 2.43. The van der Waals surface area contributed by atoms with Crippen LogP contribution in [0.25, 0.3) is 11.1 Å². The second-order valence-electron chi connectivity index (χ2n) is 5.48. The molecule has 0 radical (unpaired) electrons. The first kappa shape index (κ1) is 13.1. The van der Waals surface area contributed by atoms with Crippen LogP contribution in [0.2, 0.25) is 0 Å². The summed E-state index contributed by atoms with van der Waals surface area (Å²) in [5.41, 5.74) is 1.02. The van der Waals surface area contributed by atoms with E-state index >= 15 is 0 Å². The predicted molar refractivity (Wildman–Crippen MR) is 74.3 cm³/mol. The Hall–Kier alpha value is -1.88. The molecular formula is C15H18N2O3. The van der Waals surface area contributed by atoms with E-state index in [0.717, 1.165) is 17.6 Å². The van der Waals surface area contributed by atoms with Gasteiger partial charge in [0.05, 0.1) is 12.0 Å². The van der Waals surface area contributed by atoms with E-state index in [0.29, 0.717) is 31.8 Å². The van der Waals surface area contributed by atoms with E-state index in [9.17, 15) is 9.90 Å². The van der Waals surface area contributed by atoms with Gasteiger partial charge in [0, 0.05) is 6.54 Å². The molecule has 1 saturated heterocycles. The topological polar surface area (TPSA) is 66.6 Å². The van der Waals surface area contributed by atoms with E-state index in [1.165, 1.54) is 0 Å². The molecule has 1 aromatic heterocycles. The monoisotopic (exact) mass is 274 g/mol. The molecule has 1 atom stereocenters. The van der Waals surface area contributed by atoms with Gasteiger partial charge in [0.25, 0.3) is 0 Å². The molecule has 1 aromatic carbocycles. The number of carboxylic acids is 1. The number of aliphatic carboxylic acids is 1. The number of rotatable bonds is 4. The van der Waals surface area contributed by atoms with Gasteiger partial charge in [-0.15, -0.1) is 0 Å². The van der Waals surface area contributed by atoms with Crippen molar-refractivity contribution in [3.05, 3.63) is 30.2 Å². The largest absolute Gasteiger partial charge is 0.481 e. The van der Waals surface area contributed by atoms with Crippen LogP contribution < -0.4 is 0 Å². The standard InChI is InChI=1S/C15H18N2O3/c1-2-15(14(18)19)7-8-17(10-15)9-13-16-11-5-3-4-6-12(11)20-13/h3-6H,2,7-10H2,1H3,(H,18,19). The summed E-state index contributed by atoms with van der Waals surface area (Å²) in [5.74, 6) is -0.0384. The predicted octanol–water partition coefficient (Wildman–Crippen LogP) is 2.51. The molecule has 2 heterocycles. The third-order valence-corrected chi connectivity index (χ3v) is 4.26. The number of para-hydroxylation sites is 2. The van der Waals surface area contributed by atoms with Crippen molar-refractivity contribution in [1.29, 1.82) is 0 Å². The van der Waals surface area contributed by atoms with Crippen molar-refractivity contribution in [2.24, 2.45) is 5.41 Å². The van der Waals surface area contributed by atoms with Crippen molar-refractivity contribution in [3.63, 3.8) is 0 Å². The van der Waals surface area contributed by atoms with Crippen LogP contribution in [0.5, 0.6) is 0 Å². The van der Waals surface area contributed by atoms with E-state index in [1.807, 2.05) is 31.2 Å². The normalized spacial score (nSPS) is 23.4. The zero-order chi connectivity index (χ0) is 14.2. The molecule has 1 aliphatic heterocycles. The lowest BCUT2D eigenvalue weighted by atomic mass is 9.84. The van der Waals surface area contributed by atoms with Crippen molar-refractivity contribution in [2.45, 2.75) is 26.3 Å². The number of carboxylic acid groups (broad SMARTS) is 1.